The highest BCUT2D eigenvalue weighted by Gasteiger charge is 2.11. The van der Waals surface area contributed by atoms with E-state index in [0.717, 1.165) is 18.4 Å². The van der Waals surface area contributed by atoms with Crippen molar-refractivity contribution in [2.45, 2.75) is 32.6 Å². The molecule has 72 valence electrons. The summed E-state index contributed by atoms with van der Waals surface area (Å²) in [6.45, 7) is 4.27. The number of aromatic hydroxyl groups is 1. The van der Waals surface area contributed by atoms with Gasteiger partial charge in [0.15, 0.2) is 0 Å². The van der Waals surface area contributed by atoms with E-state index in [1.807, 2.05) is 12.1 Å². The molecule has 0 amide bonds. The molecule has 0 saturated carbocycles. The molecule has 1 rings (SSSR count). The summed E-state index contributed by atoms with van der Waals surface area (Å²) in [5.74, 6) is 0.663. The van der Waals surface area contributed by atoms with E-state index in [1.165, 1.54) is 0 Å². The van der Waals surface area contributed by atoms with Crippen molar-refractivity contribution in [1.82, 2.24) is 0 Å². The molecule has 0 aliphatic rings. The van der Waals surface area contributed by atoms with E-state index in [0.29, 0.717) is 11.6 Å². The molecule has 2 nitrogen and oxygen atoms in total. The Morgan fingerprint density at radius 3 is 2.46 bits per heavy atom. The Bertz CT molecular complexity index is 279. The standard InChI is InChI=1S/C11H17NO/c1-3-8(4-2)9-6-5-7-10(13)11(9)12/h5-8,13H,3-4,12H2,1-2H3. The molecule has 0 atom stereocenters. The Hall–Kier alpha value is -1.18. The first-order chi connectivity index (χ1) is 6.20. The number of benzene rings is 1. The molecule has 0 aliphatic carbocycles. The fraction of sp³-hybridized carbons (Fsp3) is 0.455. The number of para-hydroxylation sites is 1. The minimum Gasteiger partial charge on any atom is -0.506 e. The van der Waals surface area contributed by atoms with Gasteiger partial charge in [-0.2, -0.15) is 0 Å². The van der Waals surface area contributed by atoms with Crippen molar-refractivity contribution in [2.24, 2.45) is 0 Å². The van der Waals surface area contributed by atoms with Crippen LogP contribution in [0.2, 0.25) is 0 Å². The molecule has 1 aromatic rings. The average Bonchev–Trinajstić information content (AvgIpc) is 2.14. The zero-order valence-corrected chi connectivity index (χ0v) is 8.25. The first-order valence-electron chi connectivity index (χ1n) is 4.78. The molecule has 2 heteroatoms. The second-order valence-electron chi connectivity index (χ2n) is 3.29. The molecule has 13 heavy (non-hydrogen) atoms. The molecule has 1 aromatic carbocycles. The number of phenolic OH excluding ortho intramolecular Hbond substituents is 1. The number of rotatable bonds is 3. The van der Waals surface area contributed by atoms with Crippen molar-refractivity contribution in [3.63, 3.8) is 0 Å². The number of nitrogens with two attached hydrogens (primary N) is 1. The molecule has 0 fully saturated rings. The Kier molecular flexibility index (Phi) is 3.18. The lowest BCUT2D eigenvalue weighted by Crippen LogP contribution is -2.00. The lowest BCUT2D eigenvalue weighted by Gasteiger charge is -2.15. The fourth-order valence-corrected chi connectivity index (χ4v) is 1.65. The summed E-state index contributed by atoms with van der Waals surface area (Å²) >= 11 is 0. The van der Waals surface area contributed by atoms with Gasteiger partial charge in [-0.25, -0.2) is 0 Å². The van der Waals surface area contributed by atoms with Crippen LogP contribution in [0.15, 0.2) is 18.2 Å². The van der Waals surface area contributed by atoms with E-state index in [2.05, 4.69) is 13.8 Å². The van der Waals surface area contributed by atoms with Crippen LogP contribution in [0.3, 0.4) is 0 Å². The second kappa shape index (κ2) is 4.17. The van der Waals surface area contributed by atoms with Gasteiger partial charge in [-0.1, -0.05) is 26.0 Å². The Balaban J connectivity index is 3.05. The number of anilines is 1. The first kappa shape index (κ1) is 9.90. The summed E-state index contributed by atoms with van der Waals surface area (Å²) in [6.07, 6.45) is 2.12. The van der Waals surface area contributed by atoms with Gasteiger partial charge in [-0.15, -0.1) is 0 Å². The maximum atomic E-state index is 9.42. The van der Waals surface area contributed by atoms with E-state index < -0.39 is 0 Å². The molecule has 0 aromatic heterocycles. The maximum absolute atomic E-state index is 9.42. The van der Waals surface area contributed by atoms with Crippen molar-refractivity contribution in [3.05, 3.63) is 23.8 Å². The zero-order chi connectivity index (χ0) is 9.84. The Morgan fingerprint density at radius 2 is 1.92 bits per heavy atom. The predicted octanol–water partition coefficient (Wildman–Crippen LogP) is 2.88. The van der Waals surface area contributed by atoms with E-state index in [9.17, 15) is 5.11 Å². The van der Waals surface area contributed by atoms with Crippen molar-refractivity contribution in [2.75, 3.05) is 5.73 Å². The predicted molar refractivity (Wildman–Crippen MR) is 55.8 cm³/mol. The summed E-state index contributed by atoms with van der Waals surface area (Å²) in [5.41, 5.74) is 7.40. The molecule has 0 spiro atoms. The van der Waals surface area contributed by atoms with Gasteiger partial charge in [0, 0.05) is 0 Å². The number of hydrogen-bond donors (Lipinski definition) is 2. The molecule has 0 bridgehead atoms. The lowest BCUT2D eigenvalue weighted by molar-refractivity contribution is 0.476. The Morgan fingerprint density at radius 1 is 1.31 bits per heavy atom. The largest absolute Gasteiger partial charge is 0.506 e. The highest BCUT2D eigenvalue weighted by Crippen LogP contribution is 2.32. The molecule has 0 aliphatic heterocycles. The molecular weight excluding hydrogens is 162 g/mol. The van der Waals surface area contributed by atoms with Crippen LogP contribution in [0.5, 0.6) is 5.75 Å². The molecule has 0 unspecified atom stereocenters. The topological polar surface area (TPSA) is 46.2 Å². The van der Waals surface area contributed by atoms with E-state index in [-0.39, 0.29) is 5.75 Å². The van der Waals surface area contributed by atoms with Gasteiger partial charge in [0.2, 0.25) is 0 Å². The van der Waals surface area contributed by atoms with Gasteiger partial charge in [-0.3, -0.25) is 0 Å². The minimum absolute atomic E-state index is 0.199. The summed E-state index contributed by atoms with van der Waals surface area (Å²) in [7, 11) is 0. The number of hydrogen-bond acceptors (Lipinski definition) is 2. The zero-order valence-electron chi connectivity index (χ0n) is 8.25. The fourth-order valence-electron chi connectivity index (χ4n) is 1.65. The summed E-state index contributed by atoms with van der Waals surface area (Å²) in [6, 6.07) is 5.47. The van der Waals surface area contributed by atoms with Crippen LogP contribution in [-0.2, 0) is 0 Å². The molecule has 0 saturated heterocycles. The highest BCUT2D eigenvalue weighted by atomic mass is 16.3. The SMILES string of the molecule is CCC(CC)c1cccc(O)c1N. The maximum Gasteiger partial charge on any atom is 0.138 e. The third-order valence-electron chi connectivity index (χ3n) is 2.54. The van der Waals surface area contributed by atoms with Gasteiger partial charge in [0.25, 0.3) is 0 Å². The molecular formula is C11H17NO. The van der Waals surface area contributed by atoms with Crippen LogP contribution < -0.4 is 5.73 Å². The summed E-state index contributed by atoms with van der Waals surface area (Å²) in [4.78, 5) is 0. The number of phenols is 1. The van der Waals surface area contributed by atoms with Crippen LogP contribution in [0.4, 0.5) is 5.69 Å². The van der Waals surface area contributed by atoms with Crippen LogP contribution >= 0.6 is 0 Å². The third kappa shape index (κ3) is 1.94. The lowest BCUT2D eigenvalue weighted by atomic mass is 9.92. The minimum atomic E-state index is 0.199. The van der Waals surface area contributed by atoms with Crippen molar-refractivity contribution >= 4 is 5.69 Å². The van der Waals surface area contributed by atoms with Gasteiger partial charge < -0.3 is 10.8 Å². The molecule has 3 N–H and O–H groups in total. The van der Waals surface area contributed by atoms with E-state index in [1.54, 1.807) is 6.07 Å². The first-order valence-corrected chi connectivity index (χ1v) is 4.78. The second-order valence-corrected chi connectivity index (χ2v) is 3.29. The van der Waals surface area contributed by atoms with Crippen LogP contribution in [0.25, 0.3) is 0 Å². The van der Waals surface area contributed by atoms with Crippen LogP contribution in [0.1, 0.15) is 38.2 Å². The van der Waals surface area contributed by atoms with E-state index >= 15 is 0 Å². The third-order valence-corrected chi connectivity index (χ3v) is 2.54. The summed E-state index contributed by atoms with van der Waals surface area (Å²) in [5, 5.41) is 9.42. The van der Waals surface area contributed by atoms with E-state index in [4.69, 9.17) is 5.73 Å². The average molecular weight is 179 g/mol. The van der Waals surface area contributed by atoms with Gasteiger partial charge >= 0.3 is 0 Å². The number of nitrogen functional groups attached to an aromatic ring is 1. The van der Waals surface area contributed by atoms with Crippen molar-refractivity contribution in [1.29, 1.82) is 0 Å². The van der Waals surface area contributed by atoms with Gasteiger partial charge in [-0.05, 0) is 30.4 Å². The molecule has 0 heterocycles. The monoisotopic (exact) mass is 179 g/mol. The van der Waals surface area contributed by atoms with Gasteiger partial charge in [0.05, 0.1) is 5.69 Å². The Labute approximate surface area is 79.4 Å². The smallest absolute Gasteiger partial charge is 0.138 e. The van der Waals surface area contributed by atoms with Crippen LogP contribution in [0, 0.1) is 0 Å². The normalized spacial score (nSPS) is 10.7. The highest BCUT2D eigenvalue weighted by molar-refractivity contribution is 5.58. The van der Waals surface area contributed by atoms with Crippen LogP contribution in [-0.4, -0.2) is 5.11 Å². The van der Waals surface area contributed by atoms with Crippen molar-refractivity contribution < 1.29 is 5.11 Å². The van der Waals surface area contributed by atoms with Crippen molar-refractivity contribution in [3.8, 4) is 5.75 Å². The van der Waals surface area contributed by atoms with Gasteiger partial charge in [0.1, 0.15) is 5.75 Å². The molecule has 0 radical (unpaired) electrons. The summed E-state index contributed by atoms with van der Waals surface area (Å²) < 4.78 is 0. The quantitative estimate of drug-likeness (QED) is 0.553.